The molecule has 22 heavy (non-hydrogen) atoms. The Morgan fingerprint density at radius 1 is 1.32 bits per heavy atom. The fourth-order valence-corrected chi connectivity index (χ4v) is 2.23. The van der Waals surface area contributed by atoms with Crippen LogP contribution < -0.4 is 15.4 Å². The lowest BCUT2D eigenvalue weighted by Crippen LogP contribution is -2.39. The summed E-state index contributed by atoms with van der Waals surface area (Å²) in [7, 11) is 1.82. The third kappa shape index (κ3) is 6.42. The third-order valence-electron chi connectivity index (χ3n) is 3.66. The second kappa shape index (κ2) is 9.22. The molecule has 1 aliphatic carbocycles. The smallest absolute Gasteiger partial charge is 0.191 e. The van der Waals surface area contributed by atoms with Crippen molar-refractivity contribution in [3.8, 4) is 5.75 Å². The van der Waals surface area contributed by atoms with Crippen LogP contribution in [0.3, 0.4) is 0 Å². The van der Waals surface area contributed by atoms with Gasteiger partial charge in [-0.3, -0.25) is 4.99 Å². The highest BCUT2D eigenvalue weighted by molar-refractivity contribution is 14.0. The number of halogens is 1. The van der Waals surface area contributed by atoms with E-state index in [9.17, 15) is 0 Å². The minimum Gasteiger partial charge on any atom is -0.491 e. The molecule has 0 spiro atoms. The van der Waals surface area contributed by atoms with Crippen LogP contribution in [0.1, 0.15) is 32.8 Å². The minimum atomic E-state index is 0. The van der Waals surface area contributed by atoms with Gasteiger partial charge >= 0.3 is 0 Å². The molecule has 1 aromatic rings. The SMILES string of the molecule is CN=C(NCCc1ccc(OC(C)C)cc1)NC1CC1C.I. The van der Waals surface area contributed by atoms with Crippen LogP contribution in [-0.4, -0.2) is 31.7 Å². The maximum Gasteiger partial charge on any atom is 0.191 e. The van der Waals surface area contributed by atoms with Gasteiger partial charge in [0.05, 0.1) is 6.10 Å². The molecule has 0 saturated heterocycles. The Bertz CT molecular complexity index is 473. The molecule has 0 amide bonds. The standard InChI is InChI=1S/C17H27N3O.HI/c1-12(2)21-15-7-5-14(6-8-15)9-10-19-17(18-4)20-16-11-13(16)3;/h5-8,12-13,16H,9-11H2,1-4H3,(H2,18,19,20);1H. The third-order valence-corrected chi connectivity index (χ3v) is 3.66. The molecule has 4 nitrogen and oxygen atoms in total. The minimum absolute atomic E-state index is 0. The normalized spacial score (nSPS) is 20.3. The zero-order valence-corrected chi connectivity index (χ0v) is 16.3. The van der Waals surface area contributed by atoms with Crippen LogP contribution in [0.15, 0.2) is 29.3 Å². The van der Waals surface area contributed by atoms with Gasteiger partial charge in [-0.25, -0.2) is 0 Å². The molecule has 0 aliphatic heterocycles. The van der Waals surface area contributed by atoms with Crippen molar-refractivity contribution in [2.45, 2.75) is 45.8 Å². The molecule has 1 fully saturated rings. The zero-order valence-electron chi connectivity index (χ0n) is 13.9. The summed E-state index contributed by atoms with van der Waals surface area (Å²) in [6.07, 6.45) is 2.44. The van der Waals surface area contributed by atoms with Gasteiger partial charge in [0.25, 0.3) is 0 Å². The van der Waals surface area contributed by atoms with E-state index in [1.54, 1.807) is 0 Å². The summed E-state index contributed by atoms with van der Waals surface area (Å²) in [5.74, 6) is 2.61. The van der Waals surface area contributed by atoms with Crippen LogP contribution in [0, 0.1) is 5.92 Å². The first-order valence-electron chi connectivity index (χ1n) is 7.81. The summed E-state index contributed by atoms with van der Waals surface area (Å²) in [6, 6.07) is 8.92. The van der Waals surface area contributed by atoms with Gasteiger partial charge in [-0.05, 0) is 50.3 Å². The van der Waals surface area contributed by atoms with E-state index in [1.165, 1.54) is 12.0 Å². The monoisotopic (exact) mass is 417 g/mol. The average Bonchev–Trinajstić information content (AvgIpc) is 3.14. The van der Waals surface area contributed by atoms with Gasteiger partial charge in [-0.15, -0.1) is 24.0 Å². The van der Waals surface area contributed by atoms with E-state index in [2.05, 4.69) is 34.7 Å². The highest BCUT2D eigenvalue weighted by Crippen LogP contribution is 2.28. The van der Waals surface area contributed by atoms with Crippen molar-refractivity contribution in [1.29, 1.82) is 0 Å². The Morgan fingerprint density at radius 2 is 1.95 bits per heavy atom. The molecule has 1 aromatic carbocycles. The highest BCUT2D eigenvalue weighted by Gasteiger charge is 2.33. The maximum atomic E-state index is 5.65. The number of ether oxygens (including phenoxy) is 1. The second-order valence-corrected chi connectivity index (χ2v) is 6.02. The van der Waals surface area contributed by atoms with E-state index in [-0.39, 0.29) is 30.1 Å². The van der Waals surface area contributed by atoms with Crippen LogP contribution >= 0.6 is 24.0 Å². The molecular formula is C17H28IN3O. The topological polar surface area (TPSA) is 45.7 Å². The molecule has 5 heteroatoms. The Balaban J connectivity index is 0.00000242. The Hall–Kier alpha value is -0.980. The average molecular weight is 417 g/mol. The Labute approximate surface area is 151 Å². The molecule has 2 rings (SSSR count). The molecule has 124 valence electrons. The molecule has 0 aromatic heterocycles. The predicted molar refractivity (Wildman–Crippen MR) is 103 cm³/mol. The highest BCUT2D eigenvalue weighted by atomic mass is 127. The molecule has 2 N–H and O–H groups in total. The van der Waals surface area contributed by atoms with Gasteiger partial charge in [-0.1, -0.05) is 19.1 Å². The lowest BCUT2D eigenvalue weighted by Gasteiger charge is -2.12. The number of guanidine groups is 1. The van der Waals surface area contributed by atoms with Crippen molar-refractivity contribution in [1.82, 2.24) is 10.6 Å². The number of rotatable bonds is 6. The second-order valence-electron chi connectivity index (χ2n) is 6.02. The van der Waals surface area contributed by atoms with Crippen molar-refractivity contribution in [3.05, 3.63) is 29.8 Å². The van der Waals surface area contributed by atoms with Gasteiger partial charge in [0.1, 0.15) is 5.75 Å². The predicted octanol–water partition coefficient (Wildman–Crippen LogP) is 3.21. The van der Waals surface area contributed by atoms with Gasteiger partial charge in [0, 0.05) is 19.6 Å². The van der Waals surface area contributed by atoms with Crippen molar-refractivity contribution in [3.63, 3.8) is 0 Å². The van der Waals surface area contributed by atoms with E-state index >= 15 is 0 Å². The Morgan fingerprint density at radius 3 is 2.45 bits per heavy atom. The number of hydrogen-bond acceptors (Lipinski definition) is 2. The summed E-state index contributed by atoms with van der Waals surface area (Å²) >= 11 is 0. The summed E-state index contributed by atoms with van der Waals surface area (Å²) in [6.45, 7) is 7.21. The maximum absolute atomic E-state index is 5.65. The Kier molecular flexibility index (Phi) is 8.00. The molecule has 1 aliphatic rings. The van der Waals surface area contributed by atoms with Gasteiger partial charge < -0.3 is 15.4 Å². The molecule has 1 saturated carbocycles. The first-order chi connectivity index (χ1) is 10.1. The quantitative estimate of drug-likeness (QED) is 0.425. The lowest BCUT2D eigenvalue weighted by atomic mass is 10.1. The van der Waals surface area contributed by atoms with Crippen LogP contribution in [0.5, 0.6) is 5.75 Å². The van der Waals surface area contributed by atoms with Crippen LogP contribution in [0.4, 0.5) is 0 Å². The molecule has 0 radical (unpaired) electrons. The van der Waals surface area contributed by atoms with Crippen molar-refractivity contribution in [2.24, 2.45) is 10.9 Å². The molecule has 0 heterocycles. The molecule has 0 bridgehead atoms. The van der Waals surface area contributed by atoms with Crippen LogP contribution in [0.25, 0.3) is 0 Å². The van der Waals surface area contributed by atoms with Gasteiger partial charge in [0.2, 0.25) is 0 Å². The van der Waals surface area contributed by atoms with Crippen LogP contribution in [-0.2, 0) is 6.42 Å². The van der Waals surface area contributed by atoms with E-state index in [0.29, 0.717) is 6.04 Å². The summed E-state index contributed by atoms with van der Waals surface area (Å²) < 4.78 is 5.65. The number of benzene rings is 1. The summed E-state index contributed by atoms with van der Waals surface area (Å²) in [5, 5.41) is 6.79. The fraction of sp³-hybridized carbons (Fsp3) is 0.588. The summed E-state index contributed by atoms with van der Waals surface area (Å²) in [4.78, 5) is 4.26. The van der Waals surface area contributed by atoms with E-state index < -0.39 is 0 Å². The van der Waals surface area contributed by atoms with E-state index in [4.69, 9.17) is 4.74 Å². The van der Waals surface area contributed by atoms with E-state index in [1.807, 2.05) is 33.0 Å². The van der Waals surface area contributed by atoms with E-state index in [0.717, 1.165) is 30.6 Å². The van der Waals surface area contributed by atoms with Crippen molar-refractivity contribution < 1.29 is 4.74 Å². The van der Waals surface area contributed by atoms with Crippen LogP contribution in [0.2, 0.25) is 0 Å². The van der Waals surface area contributed by atoms with Gasteiger partial charge in [0.15, 0.2) is 5.96 Å². The fourth-order valence-electron chi connectivity index (χ4n) is 2.23. The largest absolute Gasteiger partial charge is 0.491 e. The number of nitrogens with one attached hydrogen (secondary N) is 2. The number of aliphatic imine (C=N–C) groups is 1. The zero-order chi connectivity index (χ0) is 15.2. The molecule has 2 unspecified atom stereocenters. The van der Waals surface area contributed by atoms with Crippen molar-refractivity contribution in [2.75, 3.05) is 13.6 Å². The van der Waals surface area contributed by atoms with Gasteiger partial charge in [-0.2, -0.15) is 0 Å². The first-order valence-corrected chi connectivity index (χ1v) is 7.81. The van der Waals surface area contributed by atoms with Crippen molar-refractivity contribution >= 4 is 29.9 Å². The molecule has 2 atom stereocenters. The lowest BCUT2D eigenvalue weighted by molar-refractivity contribution is 0.242. The molecular weight excluding hydrogens is 389 g/mol. The number of nitrogens with zero attached hydrogens (tertiary/aromatic N) is 1. The first kappa shape index (κ1) is 19.1. The summed E-state index contributed by atoms with van der Waals surface area (Å²) in [5.41, 5.74) is 1.30. The number of hydrogen-bond donors (Lipinski definition) is 2.